The normalized spacial score (nSPS) is 16.6. The number of hydrogen-bond acceptors (Lipinski definition) is 15. The van der Waals surface area contributed by atoms with Gasteiger partial charge in [0.2, 0.25) is 17.8 Å². The second-order valence-electron chi connectivity index (χ2n) is 13.4. The number of ether oxygens (including phenoxy) is 1. The highest BCUT2D eigenvalue weighted by atomic mass is 35.5. The average molecular weight is 805 g/mol. The average Bonchev–Trinajstić information content (AvgIpc) is 3.86. The first-order valence-electron chi connectivity index (χ1n) is 17.5. The molecule has 1 aromatic carbocycles. The molecule has 6 heterocycles. The van der Waals surface area contributed by atoms with E-state index in [0.29, 0.717) is 58.0 Å². The summed E-state index contributed by atoms with van der Waals surface area (Å²) in [6.07, 6.45) is 8.98. The Bertz CT molecular complexity index is 2050. The van der Waals surface area contributed by atoms with Gasteiger partial charge in [0.1, 0.15) is 18.2 Å². The topological polar surface area (TPSA) is 172 Å². The molecule has 2 fully saturated rings. The molecule has 292 valence electrons. The van der Waals surface area contributed by atoms with Crippen LogP contribution < -0.4 is 31.6 Å². The van der Waals surface area contributed by atoms with Crippen LogP contribution in [0.15, 0.2) is 97.7 Å². The Labute approximate surface area is 336 Å². The molecule has 0 aliphatic carbocycles. The summed E-state index contributed by atoms with van der Waals surface area (Å²) in [5, 5.41) is 0.679. The zero-order chi connectivity index (χ0) is 38.2. The van der Waals surface area contributed by atoms with Crippen molar-refractivity contribution in [3.05, 3.63) is 94.3 Å². The lowest BCUT2D eigenvalue weighted by atomic mass is 10.2. The van der Waals surface area contributed by atoms with Crippen LogP contribution in [-0.4, -0.2) is 106 Å². The molecular weight excluding hydrogens is 756 g/mol. The van der Waals surface area contributed by atoms with E-state index < -0.39 is 0 Å². The van der Waals surface area contributed by atoms with Gasteiger partial charge in [-0.05, 0) is 83.0 Å². The standard InChI is InChI=1S/C22H25ClN6OS.C15H20N6OS.CH4/c1-28(2)17-8-9-29(13-17)22-26-12-19(31-18-6-7-20(24)25-11-18)21(27-22)30-14-15-4-3-5-16(23)10-15;1-20(2)10-5-6-21(9-10)15-18-8-12(14(22)19-15)23-11-3-4-13(16)17-7-11;/h3-7,10-12,17H,8-9,13-14H2,1-2H3,(H2,24,25);3-4,7-8,10H,5-6,9H2,1-2H3,(H2,16,17)(H,18,19,22);1H4. The van der Waals surface area contributed by atoms with Gasteiger partial charge in [0.05, 0.1) is 22.2 Å². The number of pyridine rings is 2. The van der Waals surface area contributed by atoms with Crippen molar-refractivity contribution in [2.24, 2.45) is 0 Å². The van der Waals surface area contributed by atoms with Gasteiger partial charge in [-0.2, -0.15) is 4.98 Å². The second kappa shape index (κ2) is 19.3. The highest BCUT2D eigenvalue weighted by Gasteiger charge is 2.27. The lowest BCUT2D eigenvalue weighted by Gasteiger charge is -2.21. The van der Waals surface area contributed by atoms with Gasteiger partial charge in [-0.25, -0.2) is 19.9 Å². The zero-order valence-corrected chi connectivity index (χ0v) is 33.1. The van der Waals surface area contributed by atoms with Gasteiger partial charge in [0.25, 0.3) is 5.56 Å². The van der Waals surface area contributed by atoms with Crippen LogP contribution in [0.4, 0.5) is 23.5 Å². The van der Waals surface area contributed by atoms with Crippen molar-refractivity contribution in [3.63, 3.8) is 0 Å². The highest BCUT2D eigenvalue weighted by Crippen LogP contribution is 2.35. The molecule has 0 radical (unpaired) electrons. The van der Waals surface area contributed by atoms with E-state index in [1.165, 1.54) is 23.5 Å². The van der Waals surface area contributed by atoms with Crippen LogP contribution in [0.5, 0.6) is 5.88 Å². The van der Waals surface area contributed by atoms with Gasteiger partial charge < -0.3 is 35.8 Å². The summed E-state index contributed by atoms with van der Waals surface area (Å²) in [7, 11) is 8.36. The first kappa shape index (κ1) is 41.6. The third kappa shape index (κ3) is 11.5. The SMILES string of the molecule is C.CN(C)C1CCN(c2ncc(Sc3ccc(N)nc3)c(=O)[nH]2)C1.CN(C)C1CCN(c2ncc(Sc3ccc(N)nc3)c(OCc3cccc(Cl)c3)n2)C1. The lowest BCUT2D eigenvalue weighted by Crippen LogP contribution is -2.32. The van der Waals surface area contributed by atoms with Crippen molar-refractivity contribution in [1.29, 1.82) is 0 Å². The predicted molar refractivity (Wildman–Crippen MR) is 224 cm³/mol. The summed E-state index contributed by atoms with van der Waals surface area (Å²) < 4.78 is 6.14. The van der Waals surface area contributed by atoms with Gasteiger partial charge in [0.15, 0.2) is 0 Å². The first-order valence-corrected chi connectivity index (χ1v) is 19.5. The van der Waals surface area contributed by atoms with Crippen molar-refractivity contribution in [3.8, 4) is 5.88 Å². The molecule has 2 unspecified atom stereocenters. The third-order valence-corrected chi connectivity index (χ3v) is 11.3. The quantitative estimate of drug-likeness (QED) is 0.149. The van der Waals surface area contributed by atoms with Crippen molar-refractivity contribution < 1.29 is 4.74 Å². The highest BCUT2D eigenvalue weighted by molar-refractivity contribution is 7.99. The molecule has 5 N–H and O–H groups in total. The molecular formula is C38H49ClN12O2S2. The van der Waals surface area contributed by atoms with E-state index in [0.717, 1.165) is 59.3 Å². The van der Waals surface area contributed by atoms with E-state index in [2.05, 4.69) is 72.7 Å². The molecule has 4 aromatic heterocycles. The Kier molecular flexibility index (Phi) is 14.6. The molecule has 14 nitrogen and oxygen atoms in total. The summed E-state index contributed by atoms with van der Waals surface area (Å²) in [4.78, 5) is 49.1. The fourth-order valence-corrected chi connectivity index (χ4v) is 7.67. The Hall–Kier alpha value is -4.61. The van der Waals surface area contributed by atoms with E-state index in [1.807, 2.05) is 42.6 Å². The number of halogens is 1. The fourth-order valence-electron chi connectivity index (χ4n) is 5.92. The number of aromatic amines is 1. The summed E-state index contributed by atoms with van der Waals surface area (Å²) in [5.41, 5.74) is 12.1. The van der Waals surface area contributed by atoms with Crippen LogP contribution in [0.2, 0.25) is 5.02 Å². The minimum Gasteiger partial charge on any atom is -0.472 e. The molecule has 5 aromatic rings. The van der Waals surface area contributed by atoms with Gasteiger partial charge in [-0.1, -0.05) is 54.7 Å². The largest absolute Gasteiger partial charge is 0.472 e. The summed E-state index contributed by atoms with van der Waals surface area (Å²) in [6, 6.07) is 15.9. The molecule has 2 atom stereocenters. The van der Waals surface area contributed by atoms with Crippen LogP contribution in [0, 0.1) is 0 Å². The Morgan fingerprint density at radius 2 is 1.42 bits per heavy atom. The minimum atomic E-state index is -0.134. The number of likely N-dealkylation sites (N-methyl/N-ethyl adjacent to an activating group) is 2. The van der Waals surface area contributed by atoms with Crippen LogP contribution in [0.25, 0.3) is 0 Å². The van der Waals surface area contributed by atoms with Crippen LogP contribution in [0.3, 0.4) is 0 Å². The number of nitrogens with two attached hydrogens (primary N) is 2. The number of anilines is 4. The minimum absolute atomic E-state index is 0. The van der Waals surface area contributed by atoms with Crippen molar-refractivity contribution >= 4 is 58.7 Å². The molecule has 0 spiro atoms. The molecule has 7 rings (SSSR count). The van der Waals surface area contributed by atoms with Gasteiger partial charge in [-0.15, -0.1) is 0 Å². The van der Waals surface area contributed by atoms with E-state index in [4.69, 9.17) is 32.8 Å². The molecule has 0 amide bonds. The monoisotopic (exact) mass is 804 g/mol. The first-order chi connectivity index (χ1) is 26.0. The molecule has 2 aliphatic heterocycles. The van der Waals surface area contributed by atoms with E-state index >= 15 is 0 Å². The van der Waals surface area contributed by atoms with Crippen LogP contribution in [0.1, 0.15) is 25.8 Å². The number of H-pyrrole nitrogens is 1. The van der Waals surface area contributed by atoms with E-state index in [1.54, 1.807) is 30.7 Å². The molecule has 55 heavy (non-hydrogen) atoms. The summed E-state index contributed by atoms with van der Waals surface area (Å²) >= 11 is 8.94. The van der Waals surface area contributed by atoms with Crippen LogP contribution >= 0.6 is 35.1 Å². The Balaban J connectivity index is 0.000000216. The zero-order valence-electron chi connectivity index (χ0n) is 30.7. The number of nitrogen functional groups attached to an aromatic ring is 2. The smallest absolute Gasteiger partial charge is 0.266 e. The Morgan fingerprint density at radius 1 is 0.818 bits per heavy atom. The number of aromatic nitrogens is 6. The second-order valence-corrected chi connectivity index (χ2v) is 16.1. The summed E-state index contributed by atoms with van der Waals surface area (Å²) in [5.74, 6) is 2.81. The van der Waals surface area contributed by atoms with Crippen LogP contribution in [-0.2, 0) is 6.61 Å². The predicted octanol–water partition coefficient (Wildman–Crippen LogP) is 5.65. The van der Waals surface area contributed by atoms with Crippen molar-refractivity contribution in [2.45, 2.75) is 58.5 Å². The number of benzene rings is 1. The van der Waals surface area contributed by atoms with Crippen molar-refractivity contribution in [2.75, 3.05) is 75.6 Å². The maximum Gasteiger partial charge on any atom is 0.266 e. The maximum absolute atomic E-state index is 12.3. The third-order valence-electron chi connectivity index (χ3n) is 9.07. The van der Waals surface area contributed by atoms with E-state index in [-0.39, 0.29) is 13.0 Å². The number of nitrogens with zero attached hydrogens (tertiary/aromatic N) is 9. The van der Waals surface area contributed by atoms with Gasteiger partial charge >= 0.3 is 0 Å². The number of hydrogen-bond donors (Lipinski definition) is 3. The molecule has 0 bridgehead atoms. The lowest BCUT2D eigenvalue weighted by molar-refractivity contribution is 0.285. The van der Waals surface area contributed by atoms with Gasteiger partial charge in [-0.3, -0.25) is 9.78 Å². The van der Waals surface area contributed by atoms with Gasteiger partial charge in [0, 0.05) is 65.5 Å². The fraction of sp³-hybridized carbons (Fsp3) is 0.368. The molecule has 2 saturated heterocycles. The van der Waals surface area contributed by atoms with E-state index in [9.17, 15) is 4.79 Å². The van der Waals surface area contributed by atoms with Crippen molar-refractivity contribution in [1.82, 2.24) is 39.7 Å². The molecule has 17 heteroatoms. The maximum atomic E-state index is 12.3. The Morgan fingerprint density at radius 3 is 1.98 bits per heavy atom. The molecule has 2 aliphatic rings. The number of rotatable bonds is 11. The summed E-state index contributed by atoms with van der Waals surface area (Å²) in [6.45, 7) is 3.97. The molecule has 0 saturated carbocycles. The number of nitrogens with one attached hydrogen (secondary N) is 1.